The third kappa shape index (κ3) is 3.82. The second-order valence-electron chi connectivity index (χ2n) is 5.59. The minimum Gasteiger partial charge on any atom is -0.312 e. The van der Waals surface area contributed by atoms with Crippen LogP contribution in [0, 0.1) is 0 Å². The Balaban J connectivity index is 1.58. The number of fused-ring (bicyclic) bond motifs is 1. The lowest BCUT2D eigenvalue weighted by Gasteiger charge is -2.32. The predicted molar refractivity (Wildman–Crippen MR) is 74.3 cm³/mol. The van der Waals surface area contributed by atoms with Gasteiger partial charge in [0.25, 0.3) is 0 Å². The number of hydrogen-bond acceptors (Lipinski definition) is 2. The molecule has 98 valence electrons. The van der Waals surface area contributed by atoms with E-state index in [1.54, 1.807) is 0 Å². The first-order chi connectivity index (χ1) is 8.42. The molecule has 2 unspecified atom stereocenters. The molecule has 2 aliphatic rings. The number of allylic oxidation sites excluding steroid dienone is 1. The van der Waals surface area contributed by atoms with Crippen LogP contribution in [0.5, 0.6) is 0 Å². The lowest BCUT2D eigenvalue weighted by atomic mass is 9.99. The van der Waals surface area contributed by atoms with Gasteiger partial charge in [0.2, 0.25) is 0 Å². The van der Waals surface area contributed by atoms with Crippen LogP contribution in [0.15, 0.2) is 12.7 Å². The Kier molecular flexibility index (Phi) is 5.53. The lowest BCUT2D eigenvalue weighted by molar-refractivity contribution is 0.180. The zero-order valence-electron chi connectivity index (χ0n) is 11.2. The molecule has 0 aliphatic carbocycles. The van der Waals surface area contributed by atoms with Crippen LogP contribution in [0.2, 0.25) is 0 Å². The fourth-order valence-corrected chi connectivity index (χ4v) is 3.36. The summed E-state index contributed by atoms with van der Waals surface area (Å²) in [6.45, 7) is 7.66. The van der Waals surface area contributed by atoms with E-state index in [0.717, 1.165) is 12.1 Å². The molecule has 0 spiro atoms. The van der Waals surface area contributed by atoms with Crippen molar-refractivity contribution in [1.29, 1.82) is 0 Å². The van der Waals surface area contributed by atoms with E-state index in [1.165, 1.54) is 71.0 Å². The maximum atomic E-state index is 3.79. The minimum absolute atomic E-state index is 0.787. The van der Waals surface area contributed by atoms with Gasteiger partial charge in [0, 0.05) is 18.6 Å². The summed E-state index contributed by atoms with van der Waals surface area (Å²) in [6.07, 6.45) is 12.9. The van der Waals surface area contributed by atoms with Crippen molar-refractivity contribution in [3.8, 4) is 0 Å². The van der Waals surface area contributed by atoms with Gasteiger partial charge in [-0.25, -0.2) is 0 Å². The highest BCUT2D eigenvalue weighted by molar-refractivity contribution is 4.93. The lowest BCUT2D eigenvalue weighted by Crippen LogP contribution is -2.45. The highest BCUT2D eigenvalue weighted by Gasteiger charge is 2.34. The van der Waals surface area contributed by atoms with Gasteiger partial charge >= 0.3 is 0 Å². The third-order valence-electron chi connectivity index (χ3n) is 4.35. The largest absolute Gasteiger partial charge is 0.312 e. The summed E-state index contributed by atoms with van der Waals surface area (Å²) in [4.78, 5) is 2.71. The van der Waals surface area contributed by atoms with Gasteiger partial charge in [0.05, 0.1) is 0 Å². The quantitative estimate of drug-likeness (QED) is 0.540. The molecule has 0 aromatic carbocycles. The summed E-state index contributed by atoms with van der Waals surface area (Å²) in [6, 6.07) is 1.65. The van der Waals surface area contributed by atoms with Crippen LogP contribution in [0.25, 0.3) is 0 Å². The Morgan fingerprint density at radius 1 is 1.12 bits per heavy atom. The fourth-order valence-electron chi connectivity index (χ4n) is 3.36. The predicted octanol–water partition coefficient (Wildman–Crippen LogP) is 2.95. The summed E-state index contributed by atoms with van der Waals surface area (Å²) in [7, 11) is 0. The summed E-state index contributed by atoms with van der Waals surface area (Å²) in [5, 5.41) is 3.79. The van der Waals surface area contributed by atoms with Crippen molar-refractivity contribution in [2.75, 3.05) is 19.6 Å². The molecule has 1 N–H and O–H groups in total. The maximum Gasteiger partial charge on any atom is 0.0249 e. The molecular weight excluding hydrogens is 208 g/mol. The normalized spacial score (nSPS) is 29.2. The van der Waals surface area contributed by atoms with Crippen LogP contribution in [-0.2, 0) is 0 Å². The van der Waals surface area contributed by atoms with E-state index in [2.05, 4.69) is 16.8 Å². The van der Waals surface area contributed by atoms with Crippen molar-refractivity contribution in [3.63, 3.8) is 0 Å². The first kappa shape index (κ1) is 13.1. The van der Waals surface area contributed by atoms with E-state index in [4.69, 9.17) is 0 Å². The van der Waals surface area contributed by atoms with Crippen molar-refractivity contribution < 1.29 is 0 Å². The van der Waals surface area contributed by atoms with Crippen LogP contribution in [0.3, 0.4) is 0 Å². The topological polar surface area (TPSA) is 15.3 Å². The van der Waals surface area contributed by atoms with Gasteiger partial charge in [0.15, 0.2) is 0 Å². The molecule has 0 bridgehead atoms. The average molecular weight is 236 g/mol. The molecule has 2 atom stereocenters. The van der Waals surface area contributed by atoms with Crippen molar-refractivity contribution in [2.45, 2.75) is 63.5 Å². The first-order valence-electron chi connectivity index (χ1n) is 7.50. The van der Waals surface area contributed by atoms with Crippen molar-refractivity contribution >= 4 is 0 Å². The molecule has 2 nitrogen and oxygen atoms in total. The first-order valence-corrected chi connectivity index (χ1v) is 7.50. The molecule has 2 aliphatic heterocycles. The Labute approximate surface area is 106 Å². The molecule has 2 heterocycles. The van der Waals surface area contributed by atoms with E-state index >= 15 is 0 Å². The number of unbranched alkanes of at least 4 members (excludes halogenated alkanes) is 3. The molecule has 2 saturated heterocycles. The zero-order chi connectivity index (χ0) is 11.9. The van der Waals surface area contributed by atoms with E-state index in [0.29, 0.717) is 0 Å². The molecule has 17 heavy (non-hydrogen) atoms. The molecule has 0 aromatic rings. The molecule has 0 radical (unpaired) electrons. The zero-order valence-corrected chi connectivity index (χ0v) is 11.2. The molecule has 2 rings (SSSR count). The van der Waals surface area contributed by atoms with Gasteiger partial charge in [-0.2, -0.15) is 0 Å². The van der Waals surface area contributed by atoms with Gasteiger partial charge in [-0.1, -0.05) is 18.9 Å². The summed E-state index contributed by atoms with van der Waals surface area (Å²) >= 11 is 0. The van der Waals surface area contributed by atoms with Gasteiger partial charge in [-0.3, -0.25) is 4.90 Å². The van der Waals surface area contributed by atoms with Crippen molar-refractivity contribution in [3.05, 3.63) is 12.7 Å². The van der Waals surface area contributed by atoms with Gasteiger partial charge in [0.1, 0.15) is 0 Å². The summed E-state index contributed by atoms with van der Waals surface area (Å²) in [5.41, 5.74) is 0. The van der Waals surface area contributed by atoms with E-state index < -0.39 is 0 Å². The number of nitrogens with zero attached hydrogens (tertiary/aromatic N) is 1. The van der Waals surface area contributed by atoms with Crippen molar-refractivity contribution in [1.82, 2.24) is 10.2 Å². The van der Waals surface area contributed by atoms with Gasteiger partial charge in [-0.15, -0.1) is 6.58 Å². The van der Waals surface area contributed by atoms with Crippen LogP contribution < -0.4 is 5.32 Å². The molecular formula is C15H28N2. The summed E-state index contributed by atoms with van der Waals surface area (Å²) in [5.74, 6) is 0. The Hall–Kier alpha value is -0.340. The monoisotopic (exact) mass is 236 g/mol. The minimum atomic E-state index is 0.787. The highest BCUT2D eigenvalue weighted by atomic mass is 15.2. The number of piperidine rings is 1. The van der Waals surface area contributed by atoms with Crippen LogP contribution in [-0.4, -0.2) is 36.6 Å². The molecule has 0 saturated carbocycles. The van der Waals surface area contributed by atoms with Gasteiger partial charge < -0.3 is 5.32 Å². The SMILES string of the molecule is C=CCCCCCNC1CCN2CCCCC12. The van der Waals surface area contributed by atoms with Crippen LogP contribution in [0.4, 0.5) is 0 Å². The van der Waals surface area contributed by atoms with Gasteiger partial charge in [-0.05, 0) is 51.6 Å². The van der Waals surface area contributed by atoms with E-state index in [1.807, 2.05) is 6.08 Å². The smallest absolute Gasteiger partial charge is 0.0249 e. The Morgan fingerprint density at radius 2 is 2.06 bits per heavy atom. The molecule has 0 aromatic heterocycles. The molecule has 2 fully saturated rings. The third-order valence-corrected chi connectivity index (χ3v) is 4.35. The summed E-state index contributed by atoms with van der Waals surface area (Å²) < 4.78 is 0. The molecule has 0 amide bonds. The van der Waals surface area contributed by atoms with Crippen LogP contribution in [0.1, 0.15) is 51.4 Å². The Morgan fingerprint density at radius 3 is 2.94 bits per heavy atom. The number of rotatable bonds is 7. The molecule has 2 heteroatoms. The number of nitrogens with one attached hydrogen (secondary N) is 1. The second-order valence-corrected chi connectivity index (χ2v) is 5.59. The standard InChI is InChI=1S/C15H28N2/c1-2-3-4-5-7-11-16-14-10-13-17-12-8-6-9-15(14)17/h2,14-16H,1,3-13H2. The fraction of sp³-hybridized carbons (Fsp3) is 0.867. The van der Waals surface area contributed by atoms with E-state index in [9.17, 15) is 0 Å². The van der Waals surface area contributed by atoms with E-state index in [-0.39, 0.29) is 0 Å². The average Bonchev–Trinajstić information content (AvgIpc) is 2.77. The second kappa shape index (κ2) is 7.17. The Bertz CT molecular complexity index is 227. The van der Waals surface area contributed by atoms with Crippen molar-refractivity contribution in [2.24, 2.45) is 0 Å². The number of hydrogen-bond donors (Lipinski definition) is 1. The maximum absolute atomic E-state index is 3.79. The van der Waals surface area contributed by atoms with Crippen LogP contribution >= 0.6 is 0 Å². The highest BCUT2D eigenvalue weighted by Crippen LogP contribution is 2.27.